The number of hydrogen-bond acceptors (Lipinski definition) is 5. The van der Waals surface area contributed by atoms with Crippen molar-refractivity contribution in [1.82, 2.24) is 5.32 Å². The van der Waals surface area contributed by atoms with E-state index in [9.17, 15) is 0 Å². The number of rotatable bonds is 8. The summed E-state index contributed by atoms with van der Waals surface area (Å²) in [7, 11) is 6.34. The van der Waals surface area contributed by atoms with Gasteiger partial charge in [0.25, 0.3) is 0 Å². The average Bonchev–Trinajstić information content (AvgIpc) is 2.60. The predicted octanol–water partition coefficient (Wildman–Crippen LogP) is 4.32. The molecule has 0 fully saturated rings. The van der Waals surface area contributed by atoms with Gasteiger partial charge in [0.05, 0.1) is 33.5 Å². The van der Waals surface area contributed by atoms with E-state index in [1.807, 2.05) is 18.2 Å². The van der Waals surface area contributed by atoms with E-state index in [1.54, 1.807) is 34.5 Å². The van der Waals surface area contributed by atoms with Crippen molar-refractivity contribution in [3.05, 3.63) is 45.4 Å². The topological polar surface area (TPSA) is 49.0 Å². The van der Waals surface area contributed by atoms with Crippen LogP contribution >= 0.6 is 23.2 Å². The molecule has 2 aromatic rings. The Morgan fingerprint density at radius 2 is 1.40 bits per heavy atom. The first kappa shape index (κ1) is 19.5. The molecule has 7 heteroatoms. The van der Waals surface area contributed by atoms with Crippen LogP contribution in [0.1, 0.15) is 11.1 Å². The molecule has 0 heterocycles. The van der Waals surface area contributed by atoms with Crippen LogP contribution in [0.25, 0.3) is 0 Å². The Hall–Kier alpha value is -1.82. The molecule has 136 valence electrons. The van der Waals surface area contributed by atoms with Gasteiger partial charge in [0.2, 0.25) is 5.75 Å². The third-order valence-electron chi connectivity index (χ3n) is 3.71. The van der Waals surface area contributed by atoms with Gasteiger partial charge in [-0.15, -0.1) is 0 Å². The molecule has 0 atom stereocenters. The zero-order valence-corrected chi connectivity index (χ0v) is 16.1. The summed E-state index contributed by atoms with van der Waals surface area (Å²) in [5.41, 5.74) is 1.81. The lowest BCUT2D eigenvalue weighted by Gasteiger charge is -2.16. The van der Waals surface area contributed by atoms with E-state index in [1.165, 1.54) is 0 Å². The fourth-order valence-corrected chi connectivity index (χ4v) is 3.22. The molecule has 0 saturated heterocycles. The SMILES string of the molecule is COc1ccc(CNCc2cc(Cl)cc(Cl)c2OC)c(OC)c1OC. The zero-order valence-electron chi connectivity index (χ0n) is 14.6. The molecular weight excluding hydrogens is 365 g/mol. The molecule has 0 saturated carbocycles. The monoisotopic (exact) mass is 385 g/mol. The molecule has 0 aliphatic rings. The van der Waals surface area contributed by atoms with Crippen LogP contribution in [0.15, 0.2) is 24.3 Å². The Labute approximate surface area is 157 Å². The largest absolute Gasteiger partial charge is 0.495 e. The molecule has 0 aliphatic carbocycles. The standard InChI is InChI=1S/C18H21Cl2NO4/c1-22-15-6-5-11(17(24-3)18(15)25-4)9-21-10-12-7-13(19)8-14(20)16(12)23-2/h5-8,21H,9-10H2,1-4H3. The summed E-state index contributed by atoms with van der Waals surface area (Å²) in [5, 5.41) is 4.38. The Kier molecular flexibility index (Phi) is 7.05. The number of halogens is 2. The maximum absolute atomic E-state index is 6.16. The molecule has 25 heavy (non-hydrogen) atoms. The fraction of sp³-hybridized carbons (Fsp3) is 0.333. The van der Waals surface area contributed by atoms with E-state index in [2.05, 4.69) is 5.32 Å². The predicted molar refractivity (Wildman–Crippen MR) is 99.7 cm³/mol. The number of ether oxygens (including phenoxy) is 4. The first-order chi connectivity index (χ1) is 12.0. The van der Waals surface area contributed by atoms with Gasteiger partial charge in [0, 0.05) is 29.2 Å². The molecule has 0 aliphatic heterocycles. The minimum atomic E-state index is 0.482. The molecule has 2 aromatic carbocycles. The second-order valence-electron chi connectivity index (χ2n) is 5.18. The van der Waals surface area contributed by atoms with E-state index in [-0.39, 0.29) is 0 Å². The van der Waals surface area contributed by atoms with Crippen molar-refractivity contribution in [2.45, 2.75) is 13.1 Å². The van der Waals surface area contributed by atoms with Gasteiger partial charge in [-0.25, -0.2) is 0 Å². The molecule has 0 unspecified atom stereocenters. The molecule has 0 amide bonds. The minimum absolute atomic E-state index is 0.482. The van der Waals surface area contributed by atoms with Crippen molar-refractivity contribution < 1.29 is 18.9 Å². The lowest BCUT2D eigenvalue weighted by molar-refractivity contribution is 0.321. The van der Waals surface area contributed by atoms with Crippen LogP contribution in [-0.2, 0) is 13.1 Å². The molecule has 0 aromatic heterocycles. The van der Waals surface area contributed by atoms with Gasteiger partial charge in [-0.3, -0.25) is 0 Å². The molecule has 2 rings (SSSR count). The summed E-state index contributed by atoms with van der Waals surface area (Å²) in [4.78, 5) is 0. The van der Waals surface area contributed by atoms with E-state index in [0.717, 1.165) is 11.1 Å². The third kappa shape index (κ3) is 4.42. The van der Waals surface area contributed by atoms with Crippen molar-refractivity contribution in [3.63, 3.8) is 0 Å². The van der Waals surface area contributed by atoms with Crippen molar-refractivity contribution in [2.24, 2.45) is 0 Å². The van der Waals surface area contributed by atoms with Gasteiger partial charge in [-0.1, -0.05) is 29.3 Å². The first-order valence-corrected chi connectivity index (χ1v) is 8.31. The van der Waals surface area contributed by atoms with Crippen LogP contribution in [0.2, 0.25) is 10.0 Å². The van der Waals surface area contributed by atoms with Gasteiger partial charge >= 0.3 is 0 Å². The van der Waals surface area contributed by atoms with E-state index in [0.29, 0.717) is 46.1 Å². The highest BCUT2D eigenvalue weighted by Gasteiger charge is 2.16. The van der Waals surface area contributed by atoms with Crippen LogP contribution in [0.4, 0.5) is 0 Å². The molecule has 1 N–H and O–H groups in total. The maximum Gasteiger partial charge on any atom is 0.203 e. The highest BCUT2D eigenvalue weighted by atomic mass is 35.5. The Balaban J connectivity index is 2.18. The minimum Gasteiger partial charge on any atom is -0.495 e. The Morgan fingerprint density at radius 3 is 2.00 bits per heavy atom. The summed E-state index contributed by atoms with van der Waals surface area (Å²) in [6.45, 7) is 1.08. The maximum atomic E-state index is 6.16. The lowest BCUT2D eigenvalue weighted by atomic mass is 10.1. The van der Waals surface area contributed by atoms with Gasteiger partial charge < -0.3 is 24.3 Å². The van der Waals surface area contributed by atoms with Crippen molar-refractivity contribution in [3.8, 4) is 23.0 Å². The van der Waals surface area contributed by atoms with Crippen molar-refractivity contribution in [2.75, 3.05) is 28.4 Å². The lowest BCUT2D eigenvalue weighted by Crippen LogP contribution is -2.14. The van der Waals surface area contributed by atoms with E-state index < -0.39 is 0 Å². The summed E-state index contributed by atoms with van der Waals surface area (Å²) in [5.74, 6) is 2.42. The second kappa shape index (κ2) is 9.04. The normalized spacial score (nSPS) is 10.5. The van der Waals surface area contributed by atoms with Crippen LogP contribution in [0.5, 0.6) is 23.0 Å². The number of nitrogens with one attached hydrogen (secondary N) is 1. The summed E-state index contributed by atoms with van der Waals surface area (Å²) >= 11 is 12.2. The summed E-state index contributed by atoms with van der Waals surface area (Å²) in [6.07, 6.45) is 0. The average molecular weight is 386 g/mol. The zero-order chi connectivity index (χ0) is 18.4. The van der Waals surface area contributed by atoms with Gasteiger partial charge in [-0.2, -0.15) is 0 Å². The first-order valence-electron chi connectivity index (χ1n) is 7.56. The Bertz CT molecular complexity index is 738. The van der Waals surface area contributed by atoms with Crippen LogP contribution in [-0.4, -0.2) is 28.4 Å². The van der Waals surface area contributed by atoms with Gasteiger partial charge in [0.1, 0.15) is 5.75 Å². The van der Waals surface area contributed by atoms with Crippen LogP contribution in [0, 0.1) is 0 Å². The smallest absolute Gasteiger partial charge is 0.203 e. The molecule has 5 nitrogen and oxygen atoms in total. The second-order valence-corrected chi connectivity index (χ2v) is 6.02. The fourth-order valence-electron chi connectivity index (χ4n) is 2.61. The van der Waals surface area contributed by atoms with Crippen LogP contribution < -0.4 is 24.3 Å². The quantitative estimate of drug-likeness (QED) is 0.733. The van der Waals surface area contributed by atoms with Gasteiger partial charge in [0.15, 0.2) is 11.5 Å². The van der Waals surface area contributed by atoms with Gasteiger partial charge in [-0.05, 0) is 18.2 Å². The van der Waals surface area contributed by atoms with Crippen LogP contribution in [0.3, 0.4) is 0 Å². The molecular formula is C18H21Cl2NO4. The van der Waals surface area contributed by atoms with E-state index in [4.69, 9.17) is 42.1 Å². The van der Waals surface area contributed by atoms with Crippen molar-refractivity contribution >= 4 is 23.2 Å². The number of hydrogen-bond donors (Lipinski definition) is 1. The number of methoxy groups -OCH3 is 4. The number of benzene rings is 2. The summed E-state index contributed by atoms with van der Waals surface area (Å²) < 4.78 is 21.5. The molecule has 0 bridgehead atoms. The molecule has 0 spiro atoms. The third-order valence-corrected chi connectivity index (χ3v) is 4.21. The Morgan fingerprint density at radius 1 is 0.760 bits per heavy atom. The summed E-state index contributed by atoms with van der Waals surface area (Å²) in [6, 6.07) is 7.25. The highest BCUT2D eigenvalue weighted by molar-refractivity contribution is 6.35. The highest BCUT2D eigenvalue weighted by Crippen LogP contribution is 2.39. The molecule has 0 radical (unpaired) electrons. The van der Waals surface area contributed by atoms with E-state index >= 15 is 0 Å². The van der Waals surface area contributed by atoms with Crippen molar-refractivity contribution in [1.29, 1.82) is 0 Å².